The van der Waals surface area contributed by atoms with Gasteiger partial charge in [0.2, 0.25) is 5.95 Å². The van der Waals surface area contributed by atoms with Crippen molar-refractivity contribution < 1.29 is 27.2 Å². The summed E-state index contributed by atoms with van der Waals surface area (Å²) in [6.07, 6.45) is 3.78. The molecule has 2 atom stereocenters. The molecule has 1 N–H and O–H groups in total. The van der Waals surface area contributed by atoms with Crippen LogP contribution >= 0.6 is 11.3 Å². The topological polar surface area (TPSA) is 116 Å². The zero-order valence-corrected chi connectivity index (χ0v) is 25.1. The summed E-state index contributed by atoms with van der Waals surface area (Å²) in [6, 6.07) is 1.70. The number of carbonyl (C=O) groups excluding carboxylic acids is 1. The van der Waals surface area contributed by atoms with Gasteiger partial charge in [0.05, 0.1) is 35.4 Å². The number of amides is 1. The molecule has 6 heterocycles. The van der Waals surface area contributed by atoms with E-state index in [1.807, 2.05) is 11.0 Å². The van der Waals surface area contributed by atoms with Crippen molar-refractivity contribution in [1.29, 1.82) is 5.26 Å². The van der Waals surface area contributed by atoms with Crippen LogP contribution in [-0.2, 0) is 22.7 Å². The molecule has 0 aliphatic carbocycles. The number of rotatable bonds is 3. The summed E-state index contributed by atoms with van der Waals surface area (Å²) in [4.78, 5) is 29.7. The number of nitrogens with zero attached hydrogens (tertiary/aromatic N) is 6. The van der Waals surface area contributed by atoms with Crippen molar-refractivity contribution in [3.63, 3.8) is 0 Å². The Hall–Kier alpha value is -3.99. The number of carbonyl (C=O) groups is 1. The Bertz CT molecular complexity index is 1990. The van der Waals surface area contributed by atoms with Crippen LogP contribution in [0.5, 0.6) is 0 Å². The van der Waals surface area contributed by atoms with Gasteiger partial charge in [0.15, 0.2) is 11.6 Å². The second-order valence-electron chi connectivity index (χ2n) is 12.2. The molecule has 1 amide bonds. The molecule has 228 valence electrons. The summed E-state index contributed by atoms with van der Waals surface area (Å²) in [5.74, 6) is -1.17. The first-order valence-corrected chi connectivity index (χ1v) is 15.2. The smallest absolute Gasteiger partial charge is 0.412 e. The van der Waals surface area contributed by atoms with Crippen LogP contribution in [0.4, 0.5) is 24.5 Å². The standard InChI is InChI=1S/C31H31F2N7O3S/c1-31(2,3)43-30(41)38-28-15(10-34)23-26(35-12-19(32)27(23)44-28)22-18-14-42-13-17(18)16-11-36-29(37-25(16)24(22)33)40-9-7-20-21(40)6-5-8-39(20)4/h11-12,20-21H,5-9,13-14H2,1-4H3,(H,38,41)/i4D3. The summed E-state index contributed by atoms with van der Waals surface area (Å²) in [5.41, 5.74) is 0.328. The molecule has 3 aliphatic rings. The van der Waals surface area contributed by atoms with E-state index in [9.17, 15) is 10.1 Å². The maximum absolute atomic E-state index is 16.9. The molecular formula is C31H31F2N7O3S. The third-order valence-corrected chi connectivity index (χ3v) is 9.50. The molecule has 2 saturated heterocycles. The van der Waals surface area contributed by atoms with Crippen LogP contribution in [0, 0.1) is 23.0 Å². The molecular weight excluding hydrogens is 588 g/mol. The lowest BCUT2D eigenvalue weighted by Crippen LogP contribution is -2.48. The number of hydrogen-bond donors (Lipinski definition) is 1. The van der Waals surface area contributed by atoms with Gasteiger partial charge in [-0.2, -0.15) is 5.26 Å². The van der Waals surface area contributed by atoms with Crippen LogP contribution in [0.3, 0.4) is 0 Å². The maximum atomic E-state index is 16.9. The van der Waals surface area contributed by atoms with Crippen molar-refractivity contribution >= 4 is 49.4 Å². The van der Waals surface area contributed by atoms with E-state index in [4.69, 9.17) is 18.6 Å². The fourth-order valence-corrected chi connectivity index (χ4v) is 7.61. The minimum absolute atomic E-state index is 0.0151. The second-order valence-corrected chi connectivity index (χ2v) is 13.2. The Balaban J connectivity index is 1.36. The van der Waals surface area contributed by atoms with Gasteiger partial charge >= 0.3 is 6.09 Å². The van der Waals surface area contributed by atoms with Crippen molar-refractivity contribution in [3.8, 4) is 17.3 Å². The number of anilines is 2. The number of pyridine rings is 1. The average Bonchev–Trinajstić information content (AvgIpc) is 3.74. The van der Waals surface area contributed by atoms with Crippen molar-refractivity contribution in [3.05, 3.63) is 40.7 Å². The molecule has 0 radical (unpaired) electrons. The van der Waals surface area contributed by atoms with E-state index >= 15 is 8.78 Å². The zero-order valence-electron chi connectivity index (χ0n) is 27.3. The summed E-state index contributed by atoms with van der Waals surface area (Å²) in [7, 11) is 0. The maximum Gasteiger partial charge on any atom is 0.412 e. The second kappa shape index (κ2) is 10.6. The van der Waals surface area contributed by atoms with Gasteiger partial charge in [-0.1, -0.05) is 0 Å². The molecule has 0 bridgehead atoms. The molecule has 4 aromatic rings. The van der Waals surface area contributed by atoms with Gasteiger partial charge in [-0.05, 0) is 64.7 Å². The Labute approximate surface area is 260 Å². The number of hydrogen-bond acceptors (Lipinski definition) is 10. The number of halogens is 2. The van der Waals surface area contributed by atoms with Crippen LogP contribution in [-0.4, -0.2) is 63.7 Å². The van der Waals surface area contributed by atoms with E-state index in [1.54, 1.807) is 31.9 Å². The summed E-state index contributed by atoms with van der Waals surface area (Å²) >= 11 is 0.833. The van der Waals surface area contributed by atoms with Crippen molar-refractivity contribution in [2.24, 2.45) is 0 Å². The lowest BCUT2D eigenvalue weighted by molar-refractivity contribution is 0.0636. The van der Waals surface area contributed by atoms with E-state index in [2.05, 4.69) is 15.3 Å². The van der Waals surface area contributed by atoms with Gasteiger partial charge in [0, 0.05) is 45.3 Å². The van der Waals surface area contributed by atoms with Gasteiger partial charge in [0.1, 0.15) is 22.2 Å². The SMILES string of the molecule is [2H]C([2H])([2H])N1CCCC2C1CCN2c1ncc2c3c(c(-c4ncc(F)c5sc(NC(=O)OC(C)(C)C)c(C#N)c45)c(F)c2n1)COC3. The first-order chi connectivity index (χ1) is 22.3. The van der Waals surface area contributed by atoms with Crippen LogP contribution < -0.4 is 10.2 Å². The van der Waals surface area contributed by atoms with E-state index in [0.29, 0.717) is 42.4 Å². The van der Waals surface area contributed by atoms with Gasteiger partial charge in [-0.3, -0.25) is 10.3 Å². The monoisotopic (exact) mass is 622 g/mol. The quantitative estimate of drug-likeness (QED) is 0.289. The number of piperidine rings is 1. The van der Waals surface area contributed by atoms with Gasteiger partial charge in [0.25, 0.3) is 0 Å². The number of nitriles is 1. The Kier molecular flexibility index (Phi) is 6.09. The predicted molar refractivity (Wildman–Crippen MR) is 163 cm³/mol. The highest BCUT2D eigenvalue weighted by molar-refractivity contribution is 7.23. The number of ether oxygens (including phenoxy) is 2. The van der Waals surface area contributed by atoms with E-state index in [-0.39, 0.29) is 68.7 Å². The van der Waals surface area contributed by atoms with Gasteiger partial charge in [-0.15, -0.1) is 11.3 Å². The lowest BCUT2D eigenvalue weighted by Gasteiger charge is -2.37. The Morgan fingerprint density at radius 3 is 2.80 bits per heavy atom. The number of likely N-dealkylation sites (tertiary alicyclic amines) is 1. The minimum Gasteiger partial charge on any atom is -0.444 e. The van der Waals surface area contributed by atoms with Crippen molar-refractivity contribution in [2.75, 3.05) is 30.3 Å². The van der Waals surface area contributed by atoms with E-state index in [0.717, 1.165) is 24.0 Å². The third-order valence-electron chi connectivity index (χ3n) is 8.39. The number of nitrogens with one attached hydrogen (secondary N) is 1. The first-order valence-electron chi connectivity index (χ1n) is 15.9. The van der Waals surface area contributed by atoms with E-state index < -0.39 is 30.3 Å². The molecule has 13 heteroatoms. The Morgan fingerprint density at radius 2 is 2.02 bits per heavy atom. The number of likely N-dealkylation sites (N-methyl/N-ethyl adjacent to an activating group) is 1. The largest absolute Gasteiger partial charge is 0.444 e. The highest BCUT2D eigenvalue weighted by Crippen LogP contribution is 2.46. The first kappa shape index (κ1) is 25.3. The minimum atomic E-state index is -2.22. The highest BCUT2D eigenvalue weighted by atomic mass is 32.1. The average molecular weight is 623 g/mol. The Morgan fingerprint density at radius 1 is 1.20 bits per heavy atom. The zero-order chi connectivity index (χ0) is 33.4. The molecule has 0 spiro atoms. The summed E-state index contributed by atoms with van der Waals surface area (Å²) in [5, 5.41) is 13.3. The fourth-order valence-electron chi connectivity index (χ4n) is 6.57. The number of thiophene rings is 1. The highest BCUT2D eigenvalue weighted by Gasteiger charge is 2.40. The summed E-state index contributed by atoms with van der Waals surface area (Å²) < 4.78 is 67.3. The third kappa shape index (κ3) is 4.63. The lowest BCUT2D eigenvalue weighted by atomic mass is 9.94. The van der Waals surface area contributed by atoms with Crippen molar-refractivity contribution in [1.82, 2.24) is 19.9 Å². The fraction of sp³-hybridized carbons (Fsp3) is 0.452. The summed E-state index contributed by atoms with van der Waals surface area (Å²) in [6.45, 7) is 4.06. The molecule has 2 unspecified atom stereocenters. The molecule has 0 saturated carbocycles. The van der Waals surface area contributed by atoms with E-state index in [1.165, 1.54) is 0 Å². The molecule has 44 heavy (non-hydrogen) atoms. The molecule has 2 fully saturated rings. The van der Waals surface area contributed by atoms with Gasteiger partial charge in [-0.25, -0.2) is 23.5 Å². The molecule has 10 nitrogen and oxygen atoms in total. The number of aromatic nitrogens is 3. The number of fused-ring (bicyclic) bond motifs is 5. The molecule has 1 aromatic carbocycles. The van der Waals surface area contributed by atoms with Crippen LogP contribution in [0.25, 0.3) is 32.2 Å². The molecule has 3 aliphatic heterocycles. The van der Waals surface area contributed by atoms with Crippen LogP contribution in [0.15, 0.2) is 12.4 Å². The molecule has 3 aromatic heterocycles. The number of benzene rings is 1. The van der Waals surface area contributed by atoms with Crippen molar-refractivity contribution in [2.45, 2.75) is 70.9 Å². The van der Waals surface area contributed by atoms with Crippen LogP contribution in [0.2, 0.25) is 0 Å². The molecule has 7 rings (SSSR count). The normalized spacial score (nSPS) is 21.5. The van der Waals surface area contributed by atoms with Gasteiger partial charge < -0.3 is 19.3 Å². The van der Waals surface area contributed by atoms with Crippen LogP contribution in [0.1, 0.15) is 60.8 Å². The predicted octanol–water partition coefficient (Wildman–Crippen LogP) is 6.11.